The molecule has 1 aliphatic rings. The Morgan fingerprint density at radius 3 is 2.48 bits per heavy atom. The second-order valence-electron chi connectivity index (χ2n) is 8.02. The Bertz CT molecular complexity index is 749. The van der Waals surface area contributed by atoms with Crippen LogP contribution in [0.2, 0.25) is 10.0 Å². The van der Waals surface area contributed by atoms with E-state index in [2.05, 4.69) is 43.3 Å². The normalized spacial score (nSPS) is 24.1. The van der Waals surface area contributed by atoms with Crippen molar-refractivity contribution in [3.05, 3.63) is 69.7 Å². The predicted molar refractivity (Wildman–Crippen MR) is 115 cm³/mol. The lowest BCUT2D eigenvalue weighted by molar-refractivity contribution is -0.0828. The van der Waals surface area contributed by atoms with E-state index in [1.165, 1.54) is 5.56 Å². The summed E-state index contributed by atoms with van der Waals surface area (Å²) in [6.07, 6.45) is 5.81. The van der Waals surface area contributed by atoms with E-state index in [0.717, 1.165) is 44.1 Å². The fourth-order valence-corrected chi connectivity index (χ4v) is 4.91. The molecule has 2 nitrogen and oxygen atoms in total. The second-order valence-corrected chi connectivity index (χ2v) is 8.84. The van der Waals surface area contributed by atoms with Crippen molar-refractivity contribution in [2.45, 2.75) is 50.2 Å². The fourth-order valence-electron chi connectivity index (χ4n) is 4.60. The van der Waals surface area contributed by atoms with E-state index < -0.39 is 5.60 Å². The molecular formula is C23H29Cl2NO. The molecule has 3 atom stereocenters. The van der Waals surface area contributed by atoms with E-state index in [1.807, 2.05) is 24.3 Å². The standard InChI is InChI=1S/C23H29Cl2NO/c1-26(2)22(18-11-12-20(24)21(25)16-18)19-10-6-7-14-23(19,27)15-13-17-8-4-3-5-9-17/h3-5,8-9,11-12,16,19,22,27H,6-7,10,13-15H2,1-2H3. The quantitative estimate of drug-likeness (QED) is 0.622. The molecule has 0 saturated heterocycles. The van der Waals surface area contributed by atoms with Gasteiger partial charge < -0.3 is 10.0 Å². The van der Waals surface area contributed by atoms with Crippen LogP contribution in [0.25, 0.3) is 0 Å². The maximum absolute atomic E-state index is 11.7. The van der Waals surface area contributed by atoms with Crippen molar-refractivity contribution in [3.63, 3.8) is 0 Å². The summed E-state index contributed by atoms with van der Waals surface area (Å²) in [6.45, 7) is 0. The summed E-state index contributed by atoms with van der Waals surface area (Å²) in [5.74, 6) is 0.169. The lowest BCUT2D eigenvalue weighted by Crippen LogP contribution is -2.47. The zero-order valence-corrected chi connectivity index (χ0v) is 17.7. The Morgan fingerprint density at radius 2 is 1.81 bits per heavy atom. The monoisotopic (exact) mass is 405 g/mol. The van der Waals surface area contributed by atoms with Gasteiger partial charge in [-0.25, -0.2) is 0 Å². The average Bonchev–Trinajstić information content (AvgIpc) is 2.65. The van der Waals surface area contributed by atoms with E-state index >= 15 is 0 Å². The van der Waals surface area contributed by atoms with Crippen LogP contribution in [0.5, 0.6) is 0 Å². The van der Waals surface area contributed by atoms with Gasteiger partial charge in [0.05, 0.1) is 15.6 Å². The number of hydrogen-bond donors (Lipinski definition) is 1. The zero-order chi connectivity index (χ0) is 19.4. The van der Waals surface area contributed by atoms with Crippen molar-refractivity contribution in [1.29, 1.82) is 0 Å². The topological polar surface area (TPSA) is 23.5 Å². The molecule has 1 N–H and O–H groups in total. The molecule has 1 saturated carbocycles. The van der Waals surface area contributed by atoms with Gasteiger partial charge in [0.25, 0.3) is 0 Å². The first kappa shape index (κ1) is 20.7. The molecule has 0 heterocycles. The van der Waals surface area contributed by atoms with Gasteiger partial charge in [0, 0.05) is 12.0 Å². The highest BCUT2D eigenvalue weighted by Gasteiger charge is 2.44. The summed E-state index contributed by atoms with van der Waals surface area (Å²) in [5.41, 5.74) is 1.74. The molecule has 4 heteroatoms. The molecule has 1 fully saturated rings. The molecule has 0 bridgehead atoms. The average molecular weight is 406 g/mol. The van der Waals surface area contributed by atoms with Crippen molar-refractivity contribution < 1.29 is 5.11 Å². The van der Waals surface area contributed by atoms with Crippen LogP contribution in [0.1, 0.15) is 49.3 Å². The molecule has 2 aromatic carbocycles. The number of hydrogen-bond acceptors (Lipinski definition) is 2. The second kappa shape index (κ2) is 8.96. The van der Waals surface area contributed by atoms with Crippen LogP contribution in [0.4, 0.5) is 0 Å². The summed E-state index contributed by atoms with van der Waals surface area (Å²) in [7, 11) is 4.17. The van der Waals surface area contributed by atoms with Gasteiger partial charge in [0.2, 0.25) is 0 Å². The summed E-state index contributed by atoms with van der Waals surface area (Å²) in [5, 5.41) is 12.9. The fraction of sp³-hybridized carbons (Fsp3) is 0.478. The minimum absolute atomic E-state index is 0.112. The maximum atomic E-state index is 11.7. The van der Waals surface area contributed by atoms with Crippen molar-refractivity contribution in [2.75, 3.05) is 14.1 Å². The van der Waals surface area contributed by atoms with Crippen LogP contribution in [-0.4, -0.2) is 29.7 Å². The van der Waals surface area contributed by atoms with Gasteiger partial charge in [0.1, 0.15) is 0 Å². The minimum Gasteiger partial charge on any atom is -0.390 e. The van der Waals surface area contributed by atoms with Gasteiger partial charge in [-0.3, -0.25) is 0 Å². The first-order valence-electron chi connectivity index (χ1n) is 9.78. The minimum atomic E-state index is -0.671. The first-order chi connectivity index (χ1) is 12.9. The van der Waals surface area contributed by atoms with Crippen LogP contribution in [0.15, 0.2) is 48.5 Å². The number of nitrogens with zero attached hydrogens (tertiary/aromatic N) is 1. The summed E-state index contributed by atoms with van der Waals surface area (Å²) in [6, 6.07) is 16.4. The van der Waals surface area contributed by atoms with Gasteiger partial charge in [-0.05, 0) is 63.0 Å². The Balaban J connectivity index is 1.87. The predicted octanol–water partition coefficient (Wildman–Crippen LogP) is 6.15. The van der Waals surface area contributed by atoms with Gasteiger partial charge >= 0.3 is 0 Å². The molecule has 146 valence electrons. The van der Waals surface area contributed by atoms with Crippen molar-refractivity contribution in [3.8, 4) is 0 Å². The Morgan fingerprint density at radius 1 is 1.07 bits per heavy atom. The SMILES string of the molecule is CN(C)C(c1ccc(Cl)c(Cl)c1)C1CCCCC1(O)CCc1ccccc1. The molecule has 0 aromatic heterocycles. The Labute approximate surface area is 173 Å². The number of halogens is 2. The third-order valence-electron chi connectivity index (χ3n) is 5.98. The number of rotatable bonds is 6. The van der Waals surface area contributed by atoms with Crippen molar-refractivity contribution >= 4 is 23.2 Å². The molecular weight excluding hydrogens is 377 g/mol. The van der Waals surface area contributed by atoms with Crippen LogP contribution >= 0.6 is 23.2 Å². The van der Waals surface area contributed by atoms with E-state index in [1.54, 1.807) is 0 Å². The van der Waals surface area contributed by atoms with Crippen LogP contribution in [0.3, 0.4) is 0 Å². The summed E-state index contributed by atoms with van der Waals surface area (Å²) in [4.78, 5) is 2.21. The Kier molecular flexibility index (Phi) is 6.86. The highest BCUT2D eigenvalue weighted by atomic mass is 35.5. The van der Waals surface area contributed by atoms with E-state index in [-0.39, 0.29) is 12.0 Å². The van der Waals surface area contributed by atoms with Gasteiger partial charge in [-0.1, -0.05) is 72.4 Å². The van der Waals surface area contributed by atoms with Gasteiger partial charge in [0.15, 0.2) is 0 Å². The van der Waals surface area contributed by atoms with E-state index in [4.69, 9.17) is 23.2 Å². The molecule has 3 rings (SSSR count). The summed E-state index contributed by atoms with van der Waals surface area (Å²) >= 11 is 12.4. The molecule has 0 amide bonds. The van der Waals surface area contributed by atoms with Crippen LogP contribution in [-0.2, 0) is 6.42 Å². The molecule has 0 aliphatic heterocycles. The maximum Gasteiger partial charge on any atom is 0.0697 e. The van der Waals surface area contributed by atoms with Crippen LogP contribution in [0, 0.1) is 5.92 Å². The molecule has 27 heavy (non-hydrogen) atoms. The highest BCUT2D eigenvalue weighted by Crippen LogP contribution is 2.46. The largest absolute Gasteiger partial charge is 0.390 e. The lowest BCUT2D eigenvalue weighted by atomic mass is 9.67. The molecule has 0 radical (unpaired) electrons. The van der Waals surface area contributed by atoms with E-state index in [9.17, 15) is 5.11 Å². The number of aliphatic hydroxyl groups is 1. The smallest absolute Gasteiger partial charge is 0.0697 e. The summed E-state index contributed by atoms with van der Waals surface area (Å²) < 4.78 is 0. The van der Waals surface area contributed by atoms with Gasteiger partial charge in [-0.2, -0.15) is 0 Å². The van der Waals surface area contributed by atoms with Crippen molar-refractivity contribution in [1.82, 2.24) is 4.90 Å². The number of benzene rings is 2. The van der Waals surface area contributed by atoms with Crippen molar-refractivity contribution in [2.24, 2.45) is 5.92 Å². The molecule has 1 aliphatic carbocycles. The first-order valence-corrected chi connectivity index (χ1v) is 10.5. The molecule has 0 spiro atoms. The van der Waals surface area contributed by atoms with Crippen LogP contribution < -0.4 is 0 Å². The lowest BCUT2D eigenvalue weighted by Gasteiger charge is -2.46. The third-order valence-corrected chi connectivity index (χ3v) is 6.72. The zero-order valence-electron chi connectivity index (χ0n) is 16.2. The third kappa shape index (κ3) is 4.86. The van der Waals surface area contributed by atoms with Gasteiger partial charge in [-0.15, -0.1) is 0 Å². The van der Waals surface area contributed by atoms with E-state index in [0.29, 0.717) is 10.0 Å². The molecule has 2 aromatic rings. The highest BCUT2D eigenvalue weighted by molar-refractivity contribution is 6.42. The number of aryl methyl sites for hydroxylation is 1. The molecule has 3 unspecified atom stereocenters. The Hall–Kier alpha value is -1.06.